The molecule has 3 atom stereocenters. The molecule has 1 unspecified atom stereocenters. The summed E-state index contributed by atoms with van der Waals surface area (Å²) in [7, 11) is 0. The van der Waals surface area contributed by atoms with Crippen molar-refractivity contribution in [3.05, 3.63) is 71.8 Å². The summed E-state index contributed by atoms with van der Waals surface area (Å²) in [6, 6.07) is 20.5. The van der Waals surface area contributed by atoms with Crippen LogP contribution in [0.5, 0.6) is 0 Å². The van der Waals surface area contributed by atoms with Crippen molar-refractivity contribution in [2.45, 2.75) is 83.1 Å². The number of hydrogen-bond donors (Lipinski definition) is 0. The zero-order chi connectivity index (χ0) is 20.9. The summed E-state index contributed by atoms with van der Waals surface area (Å²) in [5, 5.41) is 0. The second-order valence-corrected chi connectivity index (χ2v) is 7.97. The van der Waals surface area contributed by atoms with Crippen LogP contribution in [0.4, 0.5) is 0 Å². The molecular formula is C26H34O4. The molecule has 4 nitrogen and oxygen atoms in total. The Hall–Kier alpha value is -2.01. The lowest BCUT2D eigenvalue weighted by molar-refractivity contribution is -0.215. The summed E-state index contributed by atoms with van der Waals surface area (Å²) in [6.07, 6.45) is 8.38. The van der Waals surface area contributed by atoms with Crippen molar-refractivity contribution in [3.63, 3.8) is 0 Å². The zero-order valence-corrected chi connectivity index (χ0v) is 17.8. The molecule has 0 N–H and O–H groups in total. The SMILES string of the molecule is O=CCCCCC(OCc1ccccc1)O[C@@H]1CCCC[C@@H]1OCc1ccccc1. The maximum absolute atomic E-state index is 10.6. The first-order chi connectivity index (χ1) is 14.8. The molecule has 0 spiro atoms. The van der Waals surface area contributed by atoms with Crippen molar-refractivity contribution < 1.29 is 19.0 Å². The monoisotopic (exact) mass is 410 g/mol. The number of rotatable bonds is 13. The first-order valence-corrected chi connectivity index (χ1v) is 11.3. The van der Waals surface area contributed by atoms with Crippen molar-refractivity contribution >= 4 is 6.29 Å². The fourth-order valence-electron chi connectivity index (χ4n) is 3.87. The molecule has 1 aliphatic rings. The van der Waals surface area contributed by atoms with Crippen LogP contribution in [0.15, 0.2) is 60.7 Å². The molecule has 2 aromatic carbocycles. The van der Waals surface area contributed by atoms with Crippen LogP contribution < -0.4 is 0 Å². The van der Waals surface area contributed by atoms with E-state index >= 15 is 0 Å². The Morgan fingerprint density at radius 3 is 2.13 bits per heavy atom. The van der Waals surface area contributed by atoms with Gasteiger partial charge in [-0.3, -0.25) is 0 Å². The van der Waals surface area contributed by atoms with Crippen molar-refractivity contribution in [3.8, 4) is 0 Å². The summed E-state index contributed by atoms with van der Waals surface area (Å²) in [6.45, 7) is 1.14. The number of unbranched alkanes of at least 4 members (excludes halogenated alkanes) is 2. The van der Waals surface area contributed by atoms with Gasteiger partial charge in [-0.05, 0) is 43.2 Å². The molecule has 0 amide bonds. The molecule has 0 saturated heterocycles. The van der Waals surface area contributed by atoms with E-state index < -0.39 is 0 Å². The smallest absolute Gasteiger partial charge is 0.158 e. The Labute approximate surface area is 180 Å². The minimum Gasteiger partial charge on any atom is -0.371 e. The molecule has 0 bridgehead atoms. The highest BCUT2D eigenvalue weighted by Gasteiger charge is 2.29. The molecule has 0 radical (unpaired) electrons. The molecule has 0 heterocycles. The van der Waals surface area contributed by atoms with Crippen LogP contribution in [0.2, 0.25) is 0 Å². The Morgan fingerprint density at radius 1 is 0.833 bits per heavy atom. The van der Waals surface area contributed by atoms with Gasteiger partial charge >= 0.3 is 0 Å². The summed E-state index contributed by atoms with van der Waals surface area (Å²) >= 11 is 0. The van der Waals surface area contributed by atoms with E-state index in [0.717, 1.165) is 50.4 Å². The molecule has 0 aliphatic heterocycles. The van der Waals surface area contributed by atoms with Gasteiger partial charge in [0.05, 0.1) is 25.4 Å². The highest BCUT2D eigenvalue weighted by atomic mass is 16.7. The fraction of sp³-hybridized carbons (Fsp3) is 0.500. The normalized spacial score (nSPS) is 20.0. The predicted molar refractivity (Wildman–Crippen MR) is 118 cm³/mol. The molecule has 3 rings (SSSR count). The van der Waals surface area contributed by atoms with E-state index in [1.54, 1.807) is 0 Å². The summed E-state index contributed by atoms with van der Waals surface area (Å²) < 4.78 is 18.9. The van der Waals surface area contributed by atoms with Crippen molar-refractivity contribution in [1.82, 2.24) is 0 Å². The number of hydrogen-bond acceptors (Lipinski definition) is 4. The van der Waals surface area contributed by atoms with Crippen molar-refractivity contribution in [1.29, 1.82) is 0 Å². The van der Waals surface area contributed by atoms with Gasteiger partial charge in [-0.1, -0.05) is 73.5 Å². The van der Waals surface area contributed by atoms with Gasteiger partial charge in [0, 0.05) is 6.42 Å². The lowest BCUT2D eigenvalue weighted by atomic mass is 9.94. The molecule has 4 heteroatoms. The van der Waals surface area contributed by atoms with Crippen LogP contribution in [0.1, 0.15) is 62.5 Å². The van der Waals surface area contributed by atoms with Crippen LogP contribution >= 0.6 is 0 Å². The fourth-order valence-corrected chi connectivity index (χ4v) is 3.87. The lowest BCUT2D eigenvalue weighted by Crippen LogP contribution is -2.38. The third-order valence-corrected chi connectivity index (χ3v) is 5.57. The second kappa shape index (κ2) is 13.3. The maximum atomic E-state index is 10.6. The highest BCUT2D eigenvalue weighted by molar-refractivity contribution is 5.48. The second-order valence-electron chi connectivity index (χ2n) is 7.97. The summed E-state index contributed by atoms with van der Waals surface area (Å²) in [5.74, 6) is 0. The van der Waals surface area contributed by atoms with Gasteiger partial charge in [0.15, 0.2) is 6.29 Å². The van der Waals surface area contributed by atoms with E-state index in [2.05, 4.69) is 24.3 Å². The highest BCUT2D eigenvalue weighted by Crippen LogP contribution is 2.27. The van der Waals surface area contributed by atoms with E-state index in [0.29, 0.717) is 19.6 Å². The third kappa shape index (κ3) is 8.02. The Morgan fingerprint density at radius 2 is 1.47 bits per heavy atom. The Balaban J connectivity index is 1.55. The summed E-state index contributed by atoms with van der Waals surface area (Å²) in [4.78, 5) is 10.6. The number of ether oxygens (including phenoxy) is 3. The van der Waals surface area contributed by atoms with Crippen molar-refractivity contribution in [2.75, 3.05) is 0 Å². The van der Waals surface area contributed by atoms with Gasteiger partial charge < -0.3 is 19.0 Å². The molecule has 1 fully saturated rings. The van der Waals surface area contributed by atoms with E-state index in [-0.39, 0.29) is 18.5 Å². The van der Waals surface area contributed by atoms with Gasteiger partial charge in [-0.25, -0.2) is 0 Å². The van der Waals surface area contributed by atoms with Crippen LogP contribution in [-0.2, 0) is 32.2 Å². The minimum absolute atomic E-state index is 0.0503. The molecule has 0 aromatic heterocycles. The lowest BCUT2D eigenvalue weighted by Gasteiger charge is -2.34. The zero-order valence-electron chi connectivity index (χ0n) is 17.8. The van der Waals surface area contributed by atoms with E-state index in [1.165, 1.54) is 12.0 Å². The Bertz CT molecular complexity index is 703. The van der Waals surface area contributed by atoms with Gasteiger partial charge in [0.1, 0.15) is 6.29 Å². The maximum Gasteiger partial charge on any atom is 0.158 e. The molecule has 162 valence electrons. The Kier molecular flexibility index (Phi) is 10.1. The van der Waals surface area contributed by atoms with E-state index in [9.17, 15) is 4.79 Å². The third-order valence-electron chi connectivity index (χ3n) is 5.57. The molecule has 30 heavy (non-hydrogen) atoms. The first-order valence-electron chi connectivity index (χ1n) is 11.3. The van der Waals surface area contributed by atoms with Crippen molar-refractivity contribution in [2.24, 2.45) is 0 Å². The summed E-state index contributed by atoms with van der Waals surface area (Å²) in [5.41, 5.74) is 2.33. The van der Waals surface area contributed by atoms with E-state index in [1.807, 2.05) is 36.4 Å². The molecular weight excluding hydrogens is 376 g/mol. The van der Waals surface area contributed by atoms with Gasteiger partial charge in [0.25, 0.3) is 0 Å². The van der Waals surface area contributed by atoms with E-state index in [4.69, 9.17) is 14.2 Å². The predicted octanol–water partition coefficient (Wildman–Crippen LogP) is 5.83. The average Bonchev–Trinajstić information content (AvgIpc) is 2.81. The van der Waals surface area contributed by atoms with Crippen LogP contribution in [0.3, 0.4) is 0 Å². The largest absolute Gasteiger partial charge is 0.371 e. The van der Waals surface area contributed by atoms with Gasteiger partial charge in [-0.15, -0.1) is 0 Å². The van der Waals surface area contributed by atoms with Crippen LogP contribution in [-0.4, -0.2) is 24.8 Å². The minimum atomic E-state index is -0.275. The standard InChI is InChI=1S/C26H34O4/c27-19-11-3-8-18-26(29-21-23-14-6-2-7-15-23)30-25-17-10-9-16-24(25)28-20-22-12-4-1-5-13-22/h1-2,4-7,12-15,19,24-26H,3,8-11,16-18,20-21H2/t24-,25+,26?/m0/s1. The number of benzene rings is 2. The number of carbonyl (C=O) groups excluding carboxylic acids is 1. The topological polar surface area (TPSA) is 44.8 Å². The van der Waals surface area contributed by atoms with Gasteiger partial charge in [-0.2, -0.15) is 0 Å². The first kappa shape index (κ1) is 22.7. The van der Waals surface area contributed by atoms with Crippen LogP contribution in [0, 0.1) is 0 Å². The van der Waals surface area contributed by atoms with Gasteiger partial charge in [0.2, 0.25) is 0 Å². The number of carbonyl (C=O) groups is 1. The van der Waals surface area contributed by atoms with Crippen LogP contribution in [0.25, 0.3) is 0 Å². The molecule has 1 aliphatic carbocycles. The number of aldehydes is 1. The quantitative estimate of drug-likeness (QED) is 0.237. The average molecular weight is 411 g/mol. The molecule has 1 saturated carbocycles. The molecule has 2 aromatic rings.